The third-order valence-corrected chi connectivity index (χ3v) is 3.42. The van der Waals surface area contributed by atoms with Gasteiger partial charge in [-0.2, -0.15) is 0 Å². The van der Waals surface area contributed by atoms with Gasteiger partial charge in [-0.25, -0.2) is 8.78 Å². The van der Waals surface area contributed by atoms with E-state index in [1.165, 1.54) is 18.2 Å². The molecule has 0 saturated carbocycles. The summed E-state index contributed by atoms with van der Waals surface area (Å²) in [4.78, 5) is 2.40. The molecule has 0 unspecified atom stereocenters. The van der Waals surface area contributed by atoms with E-state index in [1.54, 1.807) is 0 Å². The highest BCUT2D eigenvalue weighted by Gasteiger charge is 2.10. The molecule has 1 N–H and O–H groups in total. The Labute approximate surface area is 107 Å². The first-order valence-electron chi connectivity index (χ1n) is 6.63. The molecule has 1 fully saturated rings. The SMILES string of the molecule is Fc1cccc(F)c1CCCCN1CCNCC1. The first-order valence-corrected chi connectivity index (χ1v) is 6.63. The number of piperazine rings is 1. The topological polar surface area (TPSA) is 15.3 Å². The average molecular weight is 254 g/mol. The smallest absolute Gasteiger partial charge is 0.129 e. The maximum Gasteiger partial charge on any atom is 0.129 e. The van der Waals surface area contributed by atoms with Gasteiger partial charge in [0.2, 0.25) is 0 Å². The van der Waals surface area contributed by atoms with Gasteiger partial charge in [-0.15, -0.1) is 0 Å². The summed E-state index contributed by atoms with van der Waals surface area (Å²) in [5.74, 6) is -0.839. The van der Waals surface area contributed by atoms with Crippen molar-refractivity contribution in [3.05, 3.63) is 35.4 Å². The Morgan fingerprint density at radius 2 is 1.72 bits per heavy atom. The van der Waals surface area contributed by atoms with Crippen LogP contribution in [-0.2, 0) is 6.42 Å². The zero-order valence-electron chi connectivity index (χ0n) is 10.6. The standard InChI is InChI=1S/C14H20F2N2/c15-13-5-3-6-14(16)12(13)4-1-2-9-18-10-7-17-8-11-18/h3,5-6,17H,1-2,4,7-11H2. The summed E-state index contributed by atoms with van der Waals surface area (Å²) in [6.07, 6.45) is 2.32. The van der Waals surface area contributed by atoms with Crippen molar-refractivity contribution in [1.82, 2.24) is 10.2 Å². The maximum absolute atomic E-state index is 13.4. The summed E-state index contributed by atoms with van der Waals surface area (Å²) in [6.45, 7) is 5.27. The predicted octanol–water partition coefficient (Wildman–Crippen LogP) is 2.19. The van der Waals surface area contributed by atoms with Gasteiger partial charge in [0.25, 0.3) is 0 Å². The fourth-order valence-electron chi connectivity index (χ4n) is 2.34. The fourth-order valence-corrected chi connectivity index (χ4v) is 2.34. The number of nitrogens with one attached hydrogen (secondary N) is 1. The van der Waals surface area contributed by atoms with Crippen molar-refractivity contribution in [2.75, 3.05) is 32.7 Å². The van der Waals surface area contributed by atoms with Crippen LogP contribution in [0.2, 0.25) is 0 Å². The summed E-state index contributed by atoms with van der Waals surface area (Å²) >= 11 is 0. The van der Waals surface area contributed by atoms with Crippen molar-refractivity contribution < 1.29 is 8.78 Å². The highest BCUT2D eigenvalue weighted by atomic mass is 19.1. The van der Waals surface area contributed by atoms with Gasteiger partial charge in [-0.1, -0.05) is 6.07 Å². The van der Waals surface area contributed by atoms with E-state index in [0.29, 0.717) is 6.42 Å². The lowest BCUT2D eigenvalue weighted by Crippen LogP contribution is -2.43. The van der Waals surface area contributed by atoms with E-state index >= 15 is 0 Å². The van der Waals surface area contributed by atoms with E-state index < -0.39 is 11.6 Å². The molecule has 100 valence electrons. The third-order valence-electron chi connectivity index (χ3n) is 3.42. The monoisotopic (exact) mass is 254 g/mol. The summed E-state index contributed by atoms with van der Waals surface area (Å²) < 4.78 is 26.7. The van der Waals surface area contributed by atoms with Gasteiger partial charge >= 0.3 is 0 Å². The number of benzene rings is 1. The Morgan fingerprint density at radius 3 is 2.39 bits per heavy atom. The maximum atomic E-state index is 13.4. The molecule has 1 saturated heterocycles. The zero-order valence-corrected chi connectivity index (χ0v) is 10.6. The van der Waals surface area contributed by atoms with E-state index in [2.05, 4.69) is 10.2 Å². The molecular formula is C14H20F2N2. The van der Waals surface area contributed by atoms with Crippen LogP contribution < -0.4 is 5.32 Å². The molecule has 1 aliphatic heterocycles. The van der Waals surface area contributed by atoms with Gasteiger partial charge in [-0.3, -0.25) is 0 Å². The quantitative estimate of drug-likeness (QED) is 0.810. The van der Waals surface area contributed by atoms with Crippen LogP contribution in [0.1, 0.15) is 18.4 Å². The molecule has 4 heteroatoms. The number of rotatable bonds is 5. The number of hydrogen-bond donors (Lipinski definition) is 1. The molecule has 0 aliphatic carbocycles. The molecule has 0 amide bonds. The molecule has 1 aromatic rings. The van der Waals surface area contributed by atoms with Gasteiger partial charge in [0, 0.05) is 31.7 Å². The second kappa shape index (κ2) is 6.81. The number of halogens is 2. The minimum atomic E-state index is -0.419. The zero-order chi connectivity index (χ0) is 12.8. The molecule has 0 aromatic heterocycles. The Bertz CT molecular complexity index is 356. The van der Waals surface area contributed by atoms with Gasteiger partial charge in [-0.05, 0) is 37.9 Å². The lowest BCUT2D eigenvalue weighted by Gasteiger charge is -2.27. The van der Waals surface area contributed by atoms with E-state index in [-0.39, 0.29) is 5.56 Å². The van der Waals surface area contributed by atoms with Crippen molar-refractivity contribution in [2.24, 2.45) is 0 Å². The van der Waals surface area contributed by atoms with Gasteiger partial charge < -0.3 is 10.2 Å². The third kappa shape index (κ3) is 3.75. The Kier molecular flexibility index (Phi) is 5.08. The molecule has 0 bridgehead atoms. The summed E-state index contributed by atoms with van der Waals surface area (Å²) in [5.41, 5.74) is 0.234. The van der Waals surface area contributed by atoms with Crippen LogP contribution in [0.5, 0.6) is 0 Å². The number of unbranched alkanes of at least 4 members (excludes halogenated alkanes) is 1. The molecule has 0 radical (unpaired) electrons. The second-order valence-electron chi connectivity index (χ2n) is 4.75. The first kappa shape index (κ1) is 13.4. The van der Waals surface area contributed by atoms with Crippen molar-refractivity contribution >= 4 is 0 Å². The normalized spacial score (nSPS) is 17.0. The van der Waals surface area contributed by atoms with Gasteiger partial charge in [0.15, 0.2) is 0 Å². The van der Waals surface area contributed by atoms with Crippen LogP contribution in [-0.4, -0.2) is 37.6 Å². The van der Waals surface area contributed by atoms with Crippen molar-refractivity contribution in [3.8, 4) is 0 Å². The minimum absolute atomic E-state index is 0.234. The molecule has 1 aromatic carbocycles. The first-order chi connectivity index (χ1) is 8.77. The molecule has 1 aliphatic rings. The Morgan fingerprint density at radius 1 is 1.06 bits per heavy atom. The van der Waals surface area contributed by atoms with Crippen LogP contribution in [0, 0.1) is 11.6 Å². The van der Waals surface area contributed by atoms with E-state index in [9.17, 15) is 8.78 Å². The van der Waals surface area contributed by atoms with Crippen LogP contribution in [0.15, 0.2) is 18.2 Å². The molecule has 0 spiro atoms. The molecule has 2 rings (SSSR count). The number of hydrogen-bond acceptors (Lipinski definition) is 2. The van der Waals surface area contributed by atoms with Gasteiger partial charge in [0.1, 0.15) is 11.6 Å². The van der Waals surface area contributed by atoms with Crippen LogP contribution >= 0.6 is 0 Å². The van der Waals surface area contributed by atoms with Crippen molar-refractivity contribution in [3.63, 3.8) is 0 Å². The van der Waals surface area contributed by atoms with E-state index in [0.717, 1.165) is 45.6 Å². The summed E-state index contributed by atoms with van der Waals surface area (Å²) in [5, 5.41) is 3.31. The molecule has 0 atom stereocenters. The Hall–Kier alpha value is -1.00. The molecule has 1 heterocycles. The second-order valence-corrected chi connectivity index (χ2v) is 4.75. The van der Waals surface area contributed by atoms with Crippen LogP contribution in [0.4, 0.5) is 8.78 Å². The van der Waals surface area contributed by atoms with E-state index in [4.69, 9.17) is 0 Å². The predicted molar refractivity (Wildman–Crippen MR) is 68.6 cm³/mol. The minimum Gasteiger partial charge on any atom is -0.314 e. The lowest BCUT2D eigenvalue weighted by molar-refractivity contribution is 0.236. The van der Waals surface area contributed by atoms with Crippen LogP contribution in [0.25, 0.3) is 0 Å². The number of nitrogens with zero attached hydrogens (tertiary/aromatic N) is 1. The van der Waals surface area contributed by atoms with Gasteiger partial charge in [0.05, 0.1) is 0 Å². The Balaban J connectivity index is 1.71. The average Bonchev–Trinajstić information content (AvgIpc) is 2.38. The summed E-state index contributed by atoms with van der Waals surface area (Å²) in [7, 11) is 0. The van der Waals surface area contributed by atoms with Crippen LogP contribution in [0.3, 0.4) is 0 Å². The molecular weight excluding hydrogens is 234 g/mol. The van der Waals surface area contributed by atoms with E-state index in [1.807, 2.05) is 0 Å². The lowest BCUT2D eigenvalue weighted by atomic mass is 10.1. The highest BCUT2D eigenvalue weighted by Crippen LogP contribution is 2.15. The van der Waals surface area contributed by atoms with Crippen molar-refractivity contribution in [2.45, 2.75) is 19.3 Å². The molecule has 2 nitrogen and oxygen atoms in total. The summed E-state index contributed by atoms with van der Waals surface area (Å²) in [6, 6.07) is 4.07. The largest absolute Gasteiger partial charge is 0.314 e. The fraction of sp³-hybridized carbons (Fsp3) is 0.571. The van der Waals surface area contributed by atoms with Crippen molar-refractivity contribution in [1.29, 1.82) is 0 Å². The molecule has 18 heavy (non-hydrogen) atoms. The highest BCUT2D eigenvalue weighted by molar-refractivity contribution is 5.19.